The van der Waals surface area contributed by atoms with E-state index < -0.39 is 0 Å². The van der Waals surface area contributed by atoms with E-state index >= 15 is 0 Å². The van der Waals surface area contributed by atoms with E-state index in [1.807, 2.05) is 0 Å². The zero-order chi connectivity index (χ0) is 8.69. The first-order valence-corrected chi connectivity index (χ1v) is 3.73. The molecule has 0 aromatic rings. The second-order valence-corrected chi connectivity index (χ2v) is 2.38. The van der Waals surface area contributed by atoms with Gasteiger partial charge in [0, 0.05) is 19.5 Å². The van der Waals surface area contributed by atoms with Crippen LogP contribution >= 0.6 is 0 Å². The molecule has 3 N–H and O–H groups in total. The van der Waals surface area contributed by atoms with Crippen LogP contribution in [0.3, 0.4) is 0 Å². The molecular weight excluding hydrogens is 144 g/mol. The van der Waals surface area contributed by atoms with Crippen molar-refractivity contribution in [3.8, 4) is 0 Å². The largest absolute Gasteiger partial charge is 0.395 e. The molecule has 4 heteroatoms. The zero-order valence-corrected chi connectivity index (χ0v) is 7.05. The molecular formula is C7H16N2O2. The number of carbonyl (C=O) groups is 1. The van der Waals surface area contributed by atoms with Crippen LogP contribution in [0.25, 0.3) is 0 Å². The summed E-state index contributed by atoms with van der Waals surface area (Å²) in [5.74, 6) is 0.0127. The number of aliphatic hydroxyl groups excluding tert-OH is 1. The molecule has 0 aliphatic rings. The Bertz CT molecular complexity index is 113. The molecule has 0 saturated heterocycles. The van der Waals surface area contributed by atoms with Gasteiger partial charge < -0.3 is 15.7 Å². The van der Waals surface area contributed by atoms with Crippen LogP contribution in [0.5, 0.6) is 0 Å². The van der Waals surface area contributed by atoms with Crippen molar-refractivity contribution in [1.29, 1.82) is 0 Å². The van der Waals surface area contributed by atoms with Gasteiger partial charge in [0.25, 0.3) is 0 Å². The minimum absolute atomic E-state index is 0.0127. The molecule has 4 nitrogen and oxygen atoms in total. The normalized spacial score (nSPS) is 12.6. The van der Waals surface area contributed by atoms with Gasteiger partial charge in [-0.25, -0.2) is 0 Å². The van der Waals surface area contributed by atoms with Gasteiger partial charge in [-0.05, 0) is 13.5 Å². The number of aliphatic hydroxyl groups is 1. The summed E-state index contributed by atoms with van der Waals surface area (Å²) in [4.78, 5) is 10.7. The molecule has 0 aromatic heterocycles. The lowest BCUT2D eigenvalue weighted by atomic mass is 10.1. The van der Waals surface area contributed by atoms with E-state index in [9.17, 15) is 4.79 Å². The third-order valence-electron chi connectivity index (χ3n) is 1.63. The van der Waals surface area contributed by atoms with Crippen molar-refractivity contribution < 1.29 is 9.90 Å². The highest BCUT2D eigenvalue weighted by atomic mass is 16.3. The van der Waals surface area contributed by atoms with Crippen molar-refractivity contribution >= 4 is 5.91 Å². The van der Waals surface area contributed by atoms with E-state index in [1.165, 1.54) is 0 Å². The van der Waals surface area contributed by atoms with Gasteiger partial charge in [-0.3, -0.25) is 4.79 Å². The van der Waals surface area contributed by atoms with Crippen LogP contribution in [0.15, 0.2) is 0 Å². The lowest BCUT2D eigenvalue weighted by Crippen LogP contribution is -2.31. The first-order valence-electron chi connectivity index (χ1n) is 3.73. The number of amides is 1. The second-order valence-electron chi connectivity index (χ2n) is 2.38. The highest BCUT2D eigenvalue weighted by Gasteiger charge is 2.05. The molecule has 0 rings (SSSR count). The summed E-state index contributed by atoms with van der Waals surface area (Å²) in [7, 11) is 3.38. The molecule has 0 spiro atoms. The number of rotatable bonds is 5. The Labute approximate surface area is 67.0 Å². The van der Waals surface area contributed by atoms with Crippen molar-refractivity contribution in [2.45, 2.75) is 18.9 Å². The molecule has 1 unspecified atom stereocenters. The van der Waals surface area contributed by atoms with Gasteiger partial charge in [0.15, 0.2) is 0 Å². The maximum absolute atomic E-state index is 10.7. The average molecular weight is 160 g/mol. The van der Waals surface area contributed by atoms with E-state index in [4.69, 9.17) is 5.11 Å². The van der Waals surface area contributed by atoms with Gasteiger partial charge in [0.2, 0.25) is 5.91 Å². The molecule has 0 radical (unpaired) electrons. The monoisotopic (exact) mass is 160 g/mol. The Balaban J connectivity index is 3.42. The van der Waals surface area contributed by atoms with E-state index in [2.05, 4.69) is 10.6 Å². The van der Waals surface area contributed by atoms with Gasteiger partial charge in [0.05, 0.1) is 6.61 Å². The Kier molecular flexibility index (Phi) is 5.78. The predicted molar refractivity (Wildman–Crippen MR) is 43.2 cm³/mol. The summed E-state index contributed by atoms with van der Waals surface area (Å²) in [6.07, 6.45) is 1.13. The fraction of sp³-hybridized carbons (Fsp3) is 0.857. The average Bonchev–Trinajstić information content (AvgIpc) is 2.06. The lowest BCUT2D eigenvalue weighted by Gasteiger charge is -2.11. The molecule has 0 saturated carbocycles. The van der Waals surface area contributed by atoms with Crippen LogP contribution < -0.4 is 10.6 Å². The quantitative estimate of drug-likeness (QED) is 0.488. The van der Waals surface area contributed by atoms with E-state index in [0.717, 1.165) is 0 Å². The second kappa shape index (κ2) is 6.12. The van der Waals surface area contributed by atoms with Gasteiger partial charge in [-0.1, -0.05) is 0 Å². The summed E-state index contributed by atoms with van der Waals surface area (Å²) in [6, 6.07) is 0.0345. The standard InChI is InChI=1S/C7H16N2O2/c1-8-6(5-10)3-4-7(11)9-2/h6,8,10H,3-5H2,1-2H3,(H,9,11). The minimum atomic E-state index is 0.0127. The topological polar surface area (TPSA) is 61.4 Å². The molecule has 0 aliphatic heterocycles. The molecule has 0 bridgehead atoms. The number of hydrogen-bond donors (Lipinski definition) is 3. The van der Waals surface area contributed by atoms with Crippen molar-refractivity contribution in [1.82, 2.24) is 10.6 Å². The predicted octanol–water partition coefficient (Wildman–Crippen LogP) is -0.907. The fourth-order valence-electron chi connectivity index (χ4n) is 0.757. The van der Waals surface area contributed by atoms with E-state index in [-0.39, 0.29) is 18.6 Å². The lowest BCUT2D eigenvalue weighted by molar-refractivity contribution is -0.120. The molecule has 0 fully saturated rings. The van der Waals surface area contributed by atoms with Gasteiger partial charge >= 0.3 is 0 Å². The fourth-order valence-corrected chi connectivity index (χ4v) is 0.757. The highest BCUT2D eigenvalue weighted by molar-refractivity contribution is 5.75. The summed E-state index contributed by atoms with van der Waals surface area (Å²) in [5.41, 5.74) is 0. The number of likely N-dealkylation sites (N-methyl/N-ethyl adjacent to an activating group) is 1. The molecule has 11 heavy (non-hydrogen) atoms. The zero-order valence-electron chi connectivity index (χ0n) is 7.05. The van der Waals surface area contributed by atoms with Gasteiger partial charge in [-0.2, -0.15) is 0 Å². The highest BCUT2D eigenvalue weighted by Crippen LogP contribution is 1.94. The van der Waals surface area contributed by atoms with Crippen LogP contribution in [0.1, 0.15) is 12.8 Å². The summed E-state index contributed by atoms with van der Waals surface area (Å²) in [5, 5.41) is 14.1. The smallest absolute Gasteiger partial charge is 0.219 e. The molecule has 1 atom stereocenters. The Morgan fingerprint density at radius 1 is 1.55 bits per heavy atom. The molecule has 1 amide bonds. The maximum atomic E-state index is 10.7. The molecule has 0 aliphatic carbocycles. The van der Waals surface area contributed by atoms with Crippen LogP contribution in [0.2, 0.25) is 0 Å². The summed E-state index contributed by atoms with van der Waals surface area (Å²) >= 11 is 0. The van der Waals surface area contributed by atoms with E-state index in [0.29, 0.717) is 12.8 Å². The Hall–Kier alpha value is -0.610. The molecule has 0 heterocycles. The van der Waals surface area contributed by atoms with Crippen LogP contribution in [0.4, 0.5) is 0 Å². The van der Waals surface area contributed by atoms with E-state index in [1.54, 1.807) is 14.1 Å². The first-order chi connectivity index (χ1) is 5.24. The third-order valence-corrected chi connectivity index (χ3v) is 1.63. The van der Waals surface area contributed by atoms with Crippen molar-refractivity contribution in [3.05, 3.63) is 0 Å². The van der Waals surface area contributed by atoms with Crippen molar-refractivity contribution in [2.75, 3.05) is 20.7 Å². The third kappa shape index (κ3) is 4.75. The van der Waals surface area contributed by atoms with Crippen LogP contribution in [-0.2, 0) is 4.79 Å². The minimum Gasteiger partial charge on any atom is -0.395 e. The number of carbonyl (C=O) groups excluding carboxylic acids is 1. The maximum Gasteiger partial charge on any atom is 0.219 e. The molecule has 0 aromatic carbocycles. The Morgan fingerprint density at radius 3 is 2.55 bits per heavy atom. The number of nitrogens with one attached hydrogen (secondary N) is 2. The van der Waals surface area contributed by atoms with Crippen LogP contribution in [0, 0.1) is 0 Å². The Morgan fingerprint density at radius 2 is 2.18 bits per heavy atom. The summed E-state index contributed by atoms with van der Waals surface area (Å²) in [6.45, 7) is 0.0769. The molecule has 66 valence electrons. The SMILES string of the molecule is CNC(=O)CCC(CO)NC. The first kappa shape index (κ1) is 10.4. The van der Waals surface area contributed by atoms with Gasteiger partial charge in [0.1, 0.15) is 0 Å². The number of hydrogen-bond acceptors (Lipinski definition) is 3. The van der Waals surface area contributed by atoms with Crippen molar-refractivity contribution in [2.24, 2.45) is 0 Å². The van der Waals surface area contributed by atoms with Gasteiger partial charge in [-0.15, -0.1) is 0 Å². The van der Waals surface area contributed by atoms with Crippen molar-refractivity contribution in [3.63, 3.8) is 0 Å². The summed E-state index contributed by atoms with van der Waals surface area (Å²) < 4.78 is 0. The van der Waals surface area contributed by atoms with Crippen LogP contribution in [-0.4, -0.2) is 37.8 Å².